The fraction of sp³-hybridized carbons (Fsp3) is 0.273. The van der Waals surface area contributed by atoms with Gasteiger partial charge in [-0.1, -0.05) is 12.2 Å². The number of hydrogen-bond donors (Lipinski definition) is 2. The zero-order chi connectivity index (χ0) is 13.2. The largest absolute Gasteiger partial charge is 0.478 e. The molecule has 0 atom stereocenters. The molecule has 0 radical (unpaired) electrons. The van der Waals surface area contributed by atoms with Crippen LogP contribution in [0.25, 0.3) is 0 Å². The summed E-state index contributed by atoms with van der Waals surface area (Å²) in [4.78, 5) is 14.3. The third kappa shape index (κ3) is 2.74. The van der Waals surface area contributed by atoms with Gasteiger partial charge in [0, 0.05) is 12.2 Å². The Hall–Kier alpha value is -1.73. The van der Waals surface area contributed by atoms with Gasteiger partial charge in [0.05, 0.1) is 5.56 Å². The van der Waals surface area contributed by atoms with Gasteiger partial charge in [-0.2, -0.15) is 0 Å². The second kappa shape index (κ2) is 4.87. The van der Waals surface area contributed by atoms with Crippen LogP contribution in [0, 0.1) is 0 Å². The molecular formula is C11H12N2O4S. The monoisotopic (exact) mass is 268 g/mol. The molecular weight excluding hydrogens is 256 g/mol. The van der Waals surface area contributed by atoms with Crippen LogP contribution < -0.4 is 4.72 Å². The lowest BCUT2D eigenvalue weighted by molar-refractivity contribution is 0.0696. The third-order valence-corrected chi connectivity index (χ3v) is 4.02. The molecule has 0 unspecified atom stereocenters. The van der Waals surface area contributed by atoms with Crippen molar-refractivity contribution in [2.75, 3.05) is 0 Å². The first-order chi connectivity index (χ1) is 8.49. The average Bonchev–Trinajstić information content (AvgIpc) is 2.81. The SMILES string of the molecule is O=C(O)c1ccc(S(=O)(=O)NC2CC=CC2)nc1. The molecule has 1 aromatic rings. The van der Waals surface area contributed by atoms with E-state index in [0.717, 1.165) is 6.20 Å². The fourth-order valence-electron chi connectivity index (χ4n) is 1.66. The van der Waals surface area contributed by atoms with Gasteiger partial charge in [-0.3, -0.25) is 0 Å². The van der Waals surface area contributed by atoms with Crippen molar-refractivity contribution in [3.63, 3.8) is 0 Å². The van der Waals surface area contributed by atoms with Crippen LogP contribution >= 0.6 is 0 Å². The van der Waals surface area contributed by atoms with E-state index in [-0.39, 0.29) is 16.6 Å². The number of aromatic carboxylic acids is 1. The maximum Gasteiger partial charge on any atom is 0.337 e. The molecule has 0 spiro atoms. The van der Waals surface area contributed by atoms with Crippen LogP contribution in [0.4, 0.5) is 0 Å². The van der Waals surface area contributed by atoms with Gasteiger partial charge in [0.15, 0.2) is 5.03 Å². The molecule has 1 aromatic heterocycles. The summed E-state index contributed by atoms with van der Waals surface area (Å²) in [5, 5.41) is 8.53. The van der Waals surface area contributed by atoms with Gasteiger partial charge in [-0.15, -0.1) is 0 Å². The summed E-state index contributed by atoms with van der Waals surface area (Å²) >= 11 is 0. The predicted octanol–water partition coefficient (Wildman–Crippen LogP) is 0.777. The van der Waals surface area contributed by atoms with Gasteiger partial charge in [-0.05, 0) is 25.0 Å². The number of carbonyl (C=O) groups is 1. The summed E-state index contributed by atoms with van der Waals surface area (Å²) in [6.45, 7) is 0. The molecule has 2 rings (SSSR count). The maximum absolute atomic E-state index is 11.9. The van der Waals surface area contributed by atoms with Crippen LogP contribution in [-0.2, 0) is 10.0 Å². The molecule has 18 heavy (non-hydrogen) atoms. The van der Waals surface area contributed by atoms with Gasteiger partial charge >= 0.3 is 5.97 Å². The molecule has 0 fully saturated rings. The standard InChI is InChI=1S/C11H12N2O4S/c14-11(15)8-5-6-10(12-7-8)18(16,17)13-9-3-1-2-4-9/h1-2,5-7,9,13H,3-4H2,(H,14,15). The lowest BCUT2D eigenvalue weighted by Gasteiger charge is -2.11. The Bertz CT molecular complexity index is 570. The Balaban J connectivity index is 2.16. The Morgan fingerprint density at radius 3 is 2.50 bits per heavy atom. The summed E-state index contributed by atoms with van der Waals surface area (Å²) in [5.41, 5.74) is -0.0449. The van der Waals surface area contributed by atoms with E-state index in [1.807, 2.05) is 12.2 Å². The van der Waals surface area contributed by atoms with Crippen LogP contribution in [0.1, 0.15) is 23.2 Å². The fourth-order valence-corrected chi connectivity index (χ4v) is 2.85. The zero-order valence-electron chi connectivity index (χ0n) is 9.41. The third-order valence-electron chi connectivity index (χ3n) is 2.59. The first kappa shape index (κ1) is 12.7. The first-order valence-electron chi connectivity index (χ1n) is 5.36. The van der Waals surface area contributed by atoms with Gasteiger partial charge in [0.2, 0.25) is 0 Å². The number of pyridine rings is 1. The number of carboxylic acid groups (broad SMARTS) is 1. The summed E-state index contributed by atoms with van der Waals surface area (Å²) in [5.74, 6) is -1.14. The summed E-state index contributed by atoms with van der Waals surface area (Å²) in [6.07, 6.45) is 6.17. The van der Waals surface area contributed by atoms with Gasteiger partial charge in [0.1, 0.15) is 0 Å². The molecule has 1 aliphatic carbocycles. The summed E-state index contributed by atoms with van der Waals surface area (Å²) in [7, 11) is -3.68. The van der Waals surface area contributed by atoms with E-state index in [4.69, 9.17) is 5.11 Å². The molecule has 0 saturated carbocycles. The Morgan fingerprint density at radius 2 is 2.00 bits per heavy atom. The number of aromatic nitrogens is 1. The van der Waals surface area contributed by atoms with Crippen molar-refractivity contribution in [2.24, 2.45) is 0 Å². The van der Waals surface area contributed by atoms with Crippen LogP contribution in [0.2, 0.25) is 0 Å². The summed E-state index contributed by atoms with van der Waals surface area (Å²) < 4.78 is 26.4. The Morgan fingerprint density at radius 1 is 1.33 bits per heavy atom. The first-order valence-corrected chi connectivity index (χ1v) is 6.84. The van der Waals surface area contributed by atoms with Crippen molar-refractivity contribution in [3.05, 3.63) is 36.0 Å². The van der Waals surface area contributed by atoms with Gasteiger partial charge in [0.25, 0.3) is 10.0 Å². The smallest absolute Gasteiger partial charge is 0.337 e. The van der Waals surface area contributed by atoms with E-state index in [9.17, 15) is 13.2 Å². The lowest BCUT2D eigenvalue weighted by Crippen LogP contribution is -2.33. The maximum atomic E-state index is 11.9. The van der Waals surface area contributed by atoms with E-state index in [1.165, 1.54) is 12.1 Å². The van der Waals surface area contributed by atoms with Crippen molar-refractivity contribution in [2.45, 2.75) is 23.9 Å². The minimum absolute atomic E-state index is 0.0449. The summed E-state index contributed by atoms with van der Waals surface area (Å²) in [6, 6.07) is 2.27. The van der Waals surface area contributed by atoms with Crippen molar-refractivity contribution >= 4 is 16.0 Å². The number of sulfonamides is 1. The highest BCUT2D eigenvalue weighted by molar-refractivity contribution is 7.89. The zero-order valence-corrected chi connectivity index (χ0v) is 10.2. The number of nitrogens with one attached hydrogen (secondary N) is 1. The van der Waals surface area contributed by atoms with Crippen LogP contribution in [-0.4, -0.2) is 30.5 Å². The van der Waals surface area contributed by atoms with Crippen molar-refractivity contribution in [1.29, 1.82) is 0 Å². The minimum atomic E-state index is -3.68. The number of rotatable bonds is 4. The van der Waals surface area contributed by atoms with Crippen molar-refractivity contribution in [3.8, 4) is 0 Å². The van der Waals surface area contributed by atoms with E-state index in [1.54, 1.807) is 0 Å². The van der Waals surface area contributed by atoms with Crippen molar-refractivity contribution in [1.82, 2.24) is 9.71 Å². The van der Waals surface area contributed by atoms with Crippen LogP contribution in [0.5, 0.6) is 0 Å². The topological polar surface area (TPSA) is 96.4 Å². The van der Waals surface area contributed by atoms with E-state index in [2.05, 4.69) is 9.71 Å². The van der Waals surface area contributed by atoms with Gasteiger partial charge < -0.3 is 5.11 Å². The molecule has 1 heterocycles. The van der Waals surface area contributed by atoms with E-state index in [0.29, 0.717) is 12.8 Å². The predicted molar refractivity (Wildman–Crippen MR) is 63.7 cm³/mol. The highest BCUT2D eigenvalue weighted by Gasteiger charge is 2.21. The highest BCUT2D eigenvalue weighted by atomic mass is 32.2. The molecule has 0 aromatic carbocycles. The second-order valence-electron chi connectivity index (χ2n) is 3.95. The Kier molecular flexibility index (Phi) is 3.44. The highest BCUT2D eigenvalue weighted by Crippen LogP contribution is 2.14. The molecule has 0 bridgehead atoms. The van der Waals surface area contributed by atoms with E-state index >= 15 is 0 Å². The number of nitrogens with zero attached hydrogens (tertiary/aromatic N) is 1. The molecule has 0 amide bonds. The molecule has 0 saturated heterocycles. The molecule has 6 nitrogen and oxygen atoms in total. The average molecular weight is 268 g/mol. The normalized spacial score (nSPS) is 16.0. The second-order valence-corrected chi connectivity index (χ2v) is 5.61. The molecule has 2 N–H and O–H groups in total. The number of hydrogen-bond acceptors (Lipinski definition) is 4. The van der Waals surface area contributed by atoms with E-state index < -0.39 is 16.0 Å². The van der Waals surface area contributed by atoms with Gasteiger partial charge in [-0.25, -0.2) is 22.9 Å². The molecule has 96 valence electrons. The van der Waals surface area contributed by atoms with Crippen molar-refractivity contribution < 1.29 is 18.3 Å². The molecule has 7 heteroatoms. The lowest BCUT2D eigenvalue weighted by atomic mass is 10.3. The minimum Gasteiger partial charge on any atom is -0.478 e. The molecule has 1 aliphatic rings. The number of carboxylic acids is 1. The van der Waals surface area contributed by atoms with Crippen LogP contribution in [0.15, 0.2) is 35.5 Å². The Labute approximate surface area is 104 Å². The quantitative estimate of drug-likeness (QED) is 0.786. The molecule has 0 aliphatic heterocycles. The van der Waals surface area contributed by atoms with Crippen LogP contribution in [0.3, 0.4) is 0 Å².